The van der Waals surface area contributed by atoms with Gasteiger partial charge in [0.2, 0.25) is 0 Å². The molecule has 0 spiro atoms. The van der Waals surface area contributed by atoms with E-state index in [2.05, 4.69) is 120 Å². The van der Waals surface area contributed by atoms with Gasteiger partial charge in [-0.25, -0.2) is 0 Å². The molecule has 3 heteroatoms. The number of nitrogens with zero attached hydrogens (tertiary/aromatic N) is 1. The van der Waals surface area contributed by atoms with Gasteiger partial charge in [-0.2, -0.15) is 0 Å². The third-order valence-electron chi connectivity index (χ3n) is 7.23. The first-order valence-electron chi connectivity index (χ1n) is 12.4. The number of thiophene rings is 1. The van der Waals surface area contributed by atoms with Crippen molar-refractivity contribution in [2.75, 3.05) is 4.90 Å². The Labute approximate surface area is 217 Å². The van der Waals surface area contributed by atoms with Crippen molar-refractivity contribution in [3.05, 3.63) is 127 Å². The number of benzene rings is 6. The van der Waals surface area contributed by atoms with Gasteiger partial charge in [0.25, 0.3) is 0 Å². The summed E-state index contributed by atoms with van der Waals surface area (Å²) in [6.45, 7) is 0. The second-order valence-corrected chi connectivity index (χ2v) is 10.5. The van der Waals surface area contributed by atoms with E-state index in [1.54, 1.807) is 0 Å². The van der Waals surface area contributed by atoms with Crippen LogP contribution in [0.2, 0.25) is 0 Å². The number of fused-ring (bicyclic) bond motifs is 8. The molecular formula is C34H21NOS. The van der Waals surface area contributed by atoms with Crippen molar-refractivity contribution in [3.8, 4) is 0 Å². The van der Waals surface area contributed by atoms with E-state index in [1.807, 2.05) is 23.5 Å². The van der Waals surface area contributed by atoms with E-state index in [1.165, 1.54) is 30.9 Å². The van der Waals surface area contributed by atoms with Gasteiger partial charge < -0.3 is 9.32 Å². The molecule has 2 heterocycles. The number of para-hydroxylation sites is 2. The van der Waals surface area contributed by atoms with Gasteiger partial charge >= 0.3 is 0 Å². The number of hydrogen-bond acceptors (Lipinski definition) is 3. The number of anilines is 3. The first-order valence-corrected chi connectivity index (χ1v) is 13.3. The van der Waals surface area contributed by atoms with Crippen LogP contribution in [0.4, 0.5) is 17.1 Å². The molecule has 37 heavy (non-hydrogen) atoms. The fourth-order valence-corrected chi connectivity index (χ4v) is 6.65. The van der Waals surface area contributed by atoms with Crippen LogP contribution in [-0.4, -0.2) is 0 Å². The van der Waals surface area contributed by atoms with E-state index in [-0.39, 0.29) is 0 Å². The maximum atomic E-state index is 6.12. The smallest absolute Gasteiger partial charge is 0.135 e. The molecule has 0 aliphatic heterocycles. The highest BCUT2D eigenvalue weighted by Crippen LogP contribution is 2.43. The van der Waals surface area contributed by atoms with E-state index < -0.39 is 0 Å². The normalized spacial score (nSPS) is 11.8. The molecule has 8 aromatic rings. The summed E-state index contributed by atoms with van der Waals surface area (Å²) in [5.74, 6) is 0. The minimum absolute atomic E-state index is 0.906. The predicted octanol–water partition coefficient (Wildman–Crippen LogP) is 10.6. The molecule has 0 bridgehead atoms. The zero-order valence-electron chi connectivity index (χ0n) is 19.9. The Morgan fingerprint density at radius 1 is 0.459 bits per heavy atom. The van der Waals surface area contributed by atoms with Crippen molar-refractivity contribution in [1.29, 1.82) is 0 Å². The Morgan fingerprint density at radius 3 is 2.03 bits per heavy atom. The molecule has 0 unspecified atom stereocenters. The molecular weight excluding hydrogens is 470 g/mol. The van der Waals surface area contributed by atoms with Crippen molar-refractivity contribution in [1.82, 2.24) is 0 Å². The molecule has 2 aromatic heterocycles. The second-order valence-electron chi connectivity index (χ2n) is 9.39. The van der Waals surface area contributed by atoms with Crippen LogP contribution >= 0.6 is 11.3 Å². The highest BCUT2D eigenvalue weighted by Gasteiger charge is 2.17. The SMILES string of the molecule is c1ccc(N(c2ccc3oc4ccccc4c3c2)c2ccc3sc4ccc5ccccc5c4c3c2)cc1. The van der Waals surface area contributed by atoms with Crippen molar-refractivity contribution < 1.29 is 4.42 Å². The first kappa shape index (κ1) is 20.6. The highest BCUT2D eigenvalue weighted by atomic mass is 32.1. The average molecular weight is 492 g/mol. The van der Waals surface area contributed by atoms with Gasteiger partial charge in [-0.1, -0.05) is 66.7 Å². The summed E-state index contributed by atoms with van der Waals surface area (Å²) in [5.41, 5.74) is 5.19. The van der Waals surface area contributed by atoms with Crippen LogP contribution < -0.4 is 4.90 Å². The molecule has 2 nitrogen and oxygen atoms in total. The summed E-state index contributed by atoms with van der Waals surface area (Å²) in [5, 5.41) is 7.48. The fourth-order valence-electron chi connectivity index (χ4n) is 5.55. The van der Waals surface area contributed by atoms with Crippen LogP contribution in [-0.2, 0) is 0 Å². The minimum atomic E-state index is 0.906. The van der Waals surface area contributed by atoms with Crippen molar-refractivity contribution >= 4 is 81.3 Å². The van der Waals surface area contributed by atoms with Gasteiger partial charge in [0, 0.05) is 48.0 Å². The summed E-state index contributed by atoms with van der Waals surface area (Å²) < 4.78 is 8.75. The summed E-state index contributed by atoms with van der Waals surface area (Å²) in [6.07, 6.45) is 0. The van der Waals surface area contributed by atoms with Crippen molar-refractivity contribution in [2.24, 2.45) is 0 Å². The van der Waals surface area contributed by atoms with E-state index >= 15 is 0 Å². The lowest BCUT2D eigenvalue weighted by Crippen LogP contribution is -2.09. The summed E-state index contributed by atoms with van der Waals surface area (Å²) in [7, 11) is 0. The van der Waals surface area contributed by atoms with Crippen LogP contribution in [0.3, 0.4) is 0 Å². The third-order valence-corrected chi connectivity index (χ3v) is 8.37. The first-order chi connectivity index (χ1) is 18.3. The van der Waals surface area contributed by atoms with Crippen LogP contribution in [0.1, 0.15) is 0 Å². The molecule has 0 saturated heterocycles. The number of rotatable bonds is 3. The monoisotopic (exact) mass is 491 g/mol. The van der Waals surface area contributed by atoms with Crippen molar-refractivity contribution in [2.45, 2.75) is 0 Å². The molecule has 0 saturated carbocycles. The topological polar surface area (TPSA) is 16.4 Å². The van der Waals surface area contributed by atoms with Gasteiger partial charge in [0.15, 0.2) is 0 Å². The fraction of sp³-hybridized carbons (Fsp3) is 0. The van der Waals surface area contributed by atoms with E-state index in [4.69, 9.17) is 4.42 Å². The molecule has 0 aliphatic rings. The molecule has 0 atom stereocenters. The molecule has 0 amide bonds. The Kier molecular flexibility index (Phi) is 4.42. The van der Waals surface area contributed by atoms with Gasteiger partial charge in [0.1, 0.15) is 11.2 Å². The molecule has 0 aliphatic carbocycles. The molecule has 0 N–H and O–H groups in total. The van der Waals surface area contributed by atoms with Crippen LogP contribution in [0.5, 0.6) is 0 Å². The molecule has 174 valence electrons. The van der Waals surface area contributed by atoms with Crippen LogP contribution in [0.15, 0.2) is 132 Å². The van der Waals surface area contributed by atoms with Crippen LogP contribution in [0, 0.1) is 0 Å². The second kappa shape index (κ2) is 7.95. The summed E-state index contributed by atoms with van der Waals surface area (Å²) >= 11 is 1.86. The molecule has 6 aromatic carbocycles. The quantitative estimate of drug-likeness (QED) is 0.244. The zero-order valence-corrected chi connectivity index (χ0v) is 20.7. The Balaban J connectivity index is 1.40. The molecule has 0 fully saturated rings. The largest absolute Gasteiger partial charge is 0.456 e. The van der Waals surface area contributed by atoms with E-state index in [0.29, 0.717) is 0 Å². The average Bonchev–Trinajstić information content (AvgIpc) is 3.52. The van der Waals surface area contributed by atoms with Gasteiger partial charge in [-0.15, -0.1) is 11.3 Å². The third kappa shape index (κ3) is 3.18. The number of hydrogen-bond donors (Lipinski definition) is 0. The number of furan rings is 1. The van der Waals surface area contributed by atoms with E-state index in [9.17, 15) is 0 Å². The van der Waals surface area contributed by atoms with Gasteiger partial charge in [-0.05, 0) is 71.4 Å². The zero-order chi connectivity index (χ0) is 24.3. The van der Waals surface area contributed by atoms with Gasteiger partial charge in [0.05, 0.1) is 0 Å². The lowest BCUT2D eigenvalue weighted by atomic mass is 10.0. The van der Waals surface area contributed by atoms with Gasteiger partial charge in [-0.3, -0.25) is 0 Å². The molecule has 0 radical (unpaired) electrons. The standard InChI is InChI=1S/C34H21NOS/c1-2-9-23(10-3-1)35(24-15-17-31-28(20-24)27-12-6-7-13-30(27)36-31)25-16-19-32-29(21-25)34-26-11-5-4-8-22(26)14-18-33(34)37-32/h1-21H. The lowest BCUT2D eigenvalue weighted by molar-refractivity contribution is 0.669. The lowest BCUT2D eigenvalue weighted by Gasteiger charge is -2.25. The summed E-state index contributed by atoms with van der Waals surface area (Å²) in [4.78, 5) is 2.34. The Hall–Kier alpha value is -4.60. The summed E-state index contributed by atoms with van der Waals surface area (Å²) in [6, 6.07) is 45.4. The van der Waals surface area contributed by atoms with E-state index in [0.717, 1.165) is 39.0 Å². The highest BCUT2D eigenvalue weighted by molar-refractivity contribution is 7.26. The minimum Gasteiger partial charge on any atom is -0.456 e. The van der Waals surface area contributed by atoms with Crippen molar-refractivity contribution in [3.63, 3.8) is 0 Å². The maximum absolute atomic E-state index is 6.12. The Bertz CT molecular complexity index is 2100. The molecule has 8 rings (SSSR count). The predicted molar refractivity (Wildman–Crippen MR) is 159 cm³/mol. The maximum Gasteiger partial charge on any atom is 0.135 e. The Morgan fingerprint density at radius 2 is 1.14 bits per heavy atom. The van der Waals surface area contributed by atoms with Crippen LogP contribution in [0.25, 0.3) is 52.9 Å².